The molecule has 0 spiro atoms. The van der Waals surface area contributed by atoms with E-state index in [9.17, 15) is 8.42 Å². The van der Waals surface area contributed by atoms with Gasteiger partial charge in [-0.15, -0.1) is 11.3 Å². The molecule has 0 amide bonds. The molecule has 1 fully saturated rings. The van der Waals surface area contributed by atoms with E-state index in [4.69, 9.17) is 0 Å². The van der Waals surface area contributed by atoms with Gasteiger partial charge in [-0.05, 0) is 47.8 Å². The number of thiophene rings is 1. The van der Waals surface area contributed by atoms with Crippen LogP contribution in [0.4, 0.5) is 5.82 Å². The van der Waals surface area contributed by atoms with Gasteiger partial charge in [0.2, 0.25) is 0 Å². The van der Waals surface area contributed by atoms with E-state index in [0.717, 1.165) is 40.5 Å². The highest BCUT2D eigenvalue weighted by Crippen LogP contribution is 2.29. The summed E-state index contributed by atoms with van der Waals surface area (Å²) in [5.41, 5.74) is 1.01. The second kappa shape index (κ2) is 7.69. The first-order valence-corrected chi connectivity index (χ1v) is 11.3. The van der Waals surface area contributed by atoms with E-state index in [1.807, 2.05) is 13.0 Å². The van der Waals surface area contributed by atoms with Crippen molar-refractivity contribution in [3.05, 3.63) is 33.5 Å². The first-order valence-electron chi connectivity index (χ1n) is 8.25. The standard InChI is InChI=1S/C16H21BrN4O2S2/c1-3-13-11-15(19-12(2)18-13)20-7-4-8-21(10-9-20)25(22,23)16-6-5-14(17)24-16/h5-6,11H,3-4,7-10H2,1-2H3. The number of anilines is 1. The van der Waals surface area contributed by atoms with Crippen LogP contribution in [0.2, 0.25) is 0 Å². The number of halogens is 1. The third kappa shape index (κ3) is 4.21. The van der Waals surface area contributed by atoms with Crippen LogP contribution >= 0.6 is 27.3 Å². The number of sulfonamides is 1. The average Bonchev–Trinajstić information content (AvgIpc) is 2.87. The predicted octanol–water partition coefficient (Wildman–Crippen LogP) is 3.07. The van der Waals surface area contributed by atoms with Gasteiger partial charge in [0.05, 0.1) is 3.79 Å². The van der Waals surface area contributed by atoms with Crippen molar-refractivity contribution in [3.8, 4) is 0 Å². The SMILES string of the molecule is CCc1cc(N2CCCN(S(=O)(=O)c3ccc(Br)s3)CC2)nc(C)n1. The minimum atomic E-state index is -3.43. The normalized spacial score (nSPS) is 16.8. The van der Waals surface area contributed by atoms with E-state index >= 15 is 0 Å². The highest BCUT2D eigenvalue weighted by molar-refractivity contribution is 9.11. The van der Waals surface area contributed by atoms with Crippen molar-refractivity contribution < 1.29 is 8.42 Å². The molecule has 1 aliphatic heterocycles. The molecule has 2 aromatic heterocycles. The molecule has 3 rings (SSSR count). The zero-order chi connectivity index (χ0) is 18.0. The largest absolute Gasteiger partial charge is 0.355 e. The Morgan fingerprint density at radius 2 is 2.00 bits per heavy atom. The topological polar surface area (TPSA) is 66.4 Å². The average molecular weight is 445 g/mol. The molecule has 0 bridgehead atoms. The van der Waals surface area contributed by atoms with Crippen LogP contribution in [0.5, 0.6) is 0 Å². The lowest BCUT2D eigenvalue weighted by Crippen LogP contribution is -2.35. The molecule has 0 saturated carbocycles. The van der Waals surface area contributed by atoms with Gasteiger partial charge in [-0.2, -0.15) is 4.31 Å². The number of aryl methyl sites for hydroxylation is 2. The summed E-state index contributed by atoms with van der Waals surface area (Å²) in [4.78, 5) is 11.1. The number of hydrogen-bond acceptors (Lipinski definition) is 6. The summed E-state index contributed by atoms with van der Waals surface area (Å²) < 4.78 is 28.4. The summed E-state index contributed by atoms with van der Waals surface area (Å²) in [6.45, 7) is 6.37. The monoisotopic (exact) mass is 444 g/mol. The van der Waals surface area contributed by atoms with Crippen LogP contribution in [0.1, 0.15) is 24.9 Å². The Hall–Kier alpha value is -1.03. The summed E-state index contributed by atoms with van der Waals surface area (Å²) >= 11 is 4.59. The Morgan fingerprint density at radius 1 is 1.20 bits per heavy atom. The van der Waals surface area contributed by atoms with E-state index in [1.54, 1.807) is 16.4 Å². The van der Waals surface area contributed by atoms with Crippen molar-refractivity contribution in [2.24, 2.45) is 0 Å². The number of hydrogen-bond donors (Lipinski definition) is 0. The highest BCUT2D eigenvalue weighted by Gasteiger charge is 2.28. The van der Waals surface area contributed by atoms with E-state index in [1.165, 1.54) is 11.3 Å². The lowest BCUT2D eigenvalue weighted by Gasteiger charge is -2.23. The summed E-state index contributed by atoms with van der Waals surface area (Å²) in [6, 6.07) is 5.44. The van der Waals surface area contributed by atoms with Crippen molar-refractivity contribution in [1.29, 1.82) is 0 Å². The molecule has 25 heavy (non-hydrogen) atoms. The lowest BCUT2D eigenvalue weighted by atomic mass is 10.3. The van der Waals surface area contributed by atoms with Gasteiger partial charge in [-0.1, -0.05) is 6.92 Å². The van der Waals surface area contributed by atoms with E-state index in [-0.39, 0.29) is 0 Å². The molecule has 6 nitrogen and oxygen atoms in total. The first-order chi connectivity index (χ1) is 11.9. The molecule has 0 N–H and O–H groups in total. The van der Waals surface area contributed by atoms with Crippen molar-refractivity contribution >= 4 is 43.1 Å². The smallest absolute Gasteiger partial charge is 0.252 e. The van der Waals surface area contributed by atoms with Crippen molar-refractivity contribution in [1.82, 2.24) is 14.3 Å². The van der Waals surface area contributed by atoms with Crippen molar-refractivity contribution in [3.63, 3.8) is 0 Å². The van der Waals surface area contributed by atoms with Gasteiger partial charge in [0.25, 0.3) is 10.0 Å². The Kier molecular flexibility index (Phi) is 5.77. The molecule has 0 radical (unpaired) electrons. The maximum absolute atomic E-state index is 12.8. The van der Waals surface area contributed by atoms with Crippen LogP contribution in [-0.4, -0.2) is 48.9 Å². The van der Waals surface area contributed by atoms with Gasteiger partial charge in [-0.3, -0.25) is 0 Å². The van der Waals surface area contributed by atoms with Crippen LogP contribution in [0.25, 0.3) is 0 Å². The third-order valence-electron chi connectivity index (χ3n) is 4.16. The molecule has 0 aromatic carbocycles. The maximum Gasteiger partial charge on any atom is 0.252 e. The van der Waals surface area contributed by atoms with E-state index < -0.39 is 10.0 Å². The van der Waals surface area contributed by atoms with Crippen LogP contribution in [0.15, 0.2) is 26.2 Å². The first kappa shape index (κ1) is 18.8. The Bertz CT molecular complexity index is 854. The molecule has 1 aliphatic rings. The zero-order valence-electron chi connectivity index (χ0n) is 14.3. The van der Waals surface area contributed by atoms with Gasteiger partial charge in [-0.25, -0.2) is 18.4 Å². The lowest BCUT2D eigenvalue weighted by molar-refractivity contribution is 0.434. The van der Waals surface area contributed by atoms with Crippen molar-refractivity contribution in [2.75, 3.05) is 31.1 Å². The molecule has 136 valence electrons. The summed E-state index contributed by atoms with van der Waals surface area (Å²) in [6.07, 6.45) is 1.63. The molecular formula is C16H21BrN4O2S2. The number of nitrogens with zero attached hydrogens (tertiary/aromatic N) is 4. The number of rotatable bonds is 4. The zero-order valence-corrected chi connectivity index (χ0v) is 17.5. The number of aromatic nitrogens is 2. The van der Waals surface area contributed by atoms with Gasteiger partial charge in [0.1, 0.15) is 15.9 Å². The van der Waals surface area contributed by atoms with Crippen LogP contribution in [0.3, 0.4) is 0 Å². The predicted molar refractivity (Wildman–Crippen MR) is 104 cm³/mol. The van der Waals surface area contributed by atoms with Gasteiger partial charge < -0.3 is 4.90 Å². The molecule has 1 saturated heterocycles. The molecule has 9 heteroatoms. The fraction of sp³-hybridized carbons (Fsp3) is 0.500. The second-order valence-electron chi connectivity index (χ2n) is 5.92. The quantitative estimate of drug-likeness (QED) is 0.724. The van der Waals surface area contributed by atoms with Crippen LogP contribution < -0.4 is 4.90 Å². The van der Waals surface area contributed by atoms with Gasteiger partial charge >= 0.3 is 0 Å². The summed E-state index contributed by atoms with van der Waals surface area (Å²) in [5, 5.41) is 0. The molecule has 0 atom stereocenters. The van der Waals surface area contributed by atoms with Gasteiger partial charge in [0, 0.05) is 37.9 Å². The molecular weight excluding hydrogens is 424 g/mol. The molecule has 0 unspecified atom stereocenters. The fourth-order valence-electron chi connectivity index (χ4n) is 2.88. The third-order valence-corrected chi connectivity index (χ3v) is 8.15. The molecule has 3 heterocycles. The summed E-state index contributed by atoms with van der Waals surface area (Å²) in [7, 11) is -3.43. The minimum Gasteiger partial charge on any atom is -0.355 e. The van der Waals surface area contributed by atoms with Gasteiger partial charge in [0.15, 0.2) is 0 Å². The van der Waals surface area contributed by atoms with E-state index in [2.05, 4.69) is 37.7 Å². The fourth-order valence-corrected chi connectivity index (χ4v) is 6.52. The van der Waals surface area contributed by atoms with Crippen LogP contribution in [-0.2, 0) is 16.4 Å². The van der Waals surface area contributed by atoms with Crippen LogP contribution in [0, 0.1) is 6.92 Å². The Morgan fingerprint density at radius 3 is 2.68 bits per heavy atom. The van der Waals surface area contributed by atoms with E-state index in [0.29, 0.717) is 23.8 Å². The second-order valence-corrected chi connectivity index (χ2v) is 10.5. The minimum absolute atomic E-state index is 0.388. The highest BCUT2D eigenvalue weighted by atomic mass is 79.9. The van der Waals surface area contributed by atoms with Crippen molar-refractivity contribution in [2.45, 2.75) is 30.9 Å². The molecule has 0 aliphatic carbocycles. The summed E-state index contributed by atoms with van der Waals surface area (Å²) in [5.74, 6) is 1.65. The Balaban J connectivity index is 1.78. The molecule has 2 aromatic rings. The maximum atomic E-state index is 12.8. The Labute approximate surface area is 161 Å².